The van der Waals surface area contributed by atoms with Gasteiger partial charge >= 0.3 is 0 Å². The van der Waals surface area contributed by atoms with Crippen molar-refractivity contribution in [2.75, 3.05) is 12.4 Å². The lowest BCUT2D eigenvalue weighted by atomic mass is 10.2. The molecule has 0 aliphatic heterocycles. The van der Waals surface area contributed by atoms with E-state index in [4.69, 9.17) is 4.74 Å². The summed E-state index contributed by atoms with van der Waals surface area (Å²) in [6.07, 6.45) is 0. The number of hydrogen-bond donors (Lipinski definition) is 1. The van der Waals surface area contributed by atoms with E-state index in [0.717, 1.165) is 16.3 Å². The third-order valence-corrected chi connectivity index (χ3v) is 3.88. The summed E-state index contributed by atoms with van der Waals surface area (Å²) >= 11 is 1.37. The third kappa shape index (κ3) is 2.71. The zero-order valence-electron chi connectivity index (χ0n) is 11.1. The predicted molar refractivity (Wildman–Crippen MR) is 80.5 cm³/mol. The summed E-state index contributed by atoms with van der Waals surface area (Å²) in [6.45, 7) is 0. The van der Waals surface area contributed by atoms with E-state index >= 15 is 0 Å². The van der Waals surface area contributed by atoms with Crippen LogP contribution in [-0.2, 0) is 0 Å². The van der Waals surface area contributed by atoms with Gasteiger partial charge in [0.15, 0.2) is 16.7 Å². The van der Waals surface area contributed by atoms with Crippen molar-refractivity contribution in [1.29, 1.82) is 0 Å². The summed E-state index contributed by atoms with van der Waals surface area (Å²) in [4.78, 5) is 16.4. The fourth-order valence-electron chi connectivity index (χ4n) is 1.90. The first kappa shape index (κ1) is 13.5. The molecule has 0 radical (unpaired) electrons. The monoisotopic (exact) mass is 302 g/mol. The number of nitrogens with one attached hydrogen (secondary N) is 1. The molecule has 3 aromatic rings. The van der Waals surface area contributed by atoms with E-state index in [1.807, 2.05) is 24.3 Å². The molecular weight excluding hydrogens is 291 g/mol. The molecule has 1 heterocycles. The molecule has 0 aliphatic carbocycles. The molecule has 3 rings (SSSR count). The van der Waals surface area contributed by atoms with E-state index in [2.05, 4.69) is 10.3 Å². The summed E-state index contributed by atoms with van der Waals surface area (Å²) in [6, 6.07) is 11.6. The lowest BCUT2D eigenvalue weighted by molar-refractivity contribution is 0.102. The SMILES string of the molecule is COc1ccc(C(=O)Nc2nc3ccccc3s2)cc1F. The molecule has 0 bridgehead atoms. The number of aromatic nitrogens is 1. The molecule has 1 aromatic heterocycles. The number of nitrogens with zero attached hydrogens (tertiary/aromatic N) is 1. The molecule has 1 amide bonds. The van der Waals surface area contributed by atoms with Crippen LogP contribution in [0, 0.1) is 5.82 Å². The number of amides is 1. The van der Waals surface area contributed by atoms with Crippen LogP contribution in [0.3, 0.4) is 0 Å². The van der Waals surface area contributed by atoms with Gasteiger partial charge in [-0.3, -0.25) is 10.1 Å². The predicted octanol–water partition coefficient (Wildman–Crippen LogP) is 3.70. The molecule has 106 valence electrons. The highest BCUT2D eigenvalue weighted by Gasteiger charge is 2.12. The van der Waals surface area contributed by atoms with Crippen molar-refractivity contribution in [3.63, 3.8) is 0 Å². The second-order valence-electron chi connectivity index (χ2n) is 4.29. The molecule has 0 saturated carbocycles. The Kier molecular flexibility index (Phi) is 3.53. The van der Waals surface area contributed by atoms with Crippen LogP contribution in [0.5, 0.6) is 5.75 Å². The van der Waals surface area contributed by atoms with Crippen LogP contribution in [0.2, 0.25) is 0 Å². The van der Waals surface area contributed by atoms with Crippen molar-refractivity contribution in [1.82, 2.24) is 4.98 Å². The highest BCUT2D eigenvalue weighted by atomic mass is 32.1. The highest BCUT2D eigenvalue weighted by Crippen LogP contribution is 2.26. The minimum absolute atomic E-state index is 0.103. The largest absolute Gasteiger partial charge is 0.494 e. The van der Waals surface area contributed by atoms with Gasteiger partial charge in [0.2, 0.25) is 0 Å². The van der Waals surface area contributed by atoms with Gasteiger partial charge in [0.05, 0.1) is 17.3 Å². The summed E-state index contributed by atoms with van der Waals surface area (Å²) in [7, 11) is 1.37. The Hall–Kier alpha value is -2.47. The smallest absolute Gasteiger partial charge is 0.257 e. The first-order valence-corrected chi connectivity index (χ1v) is 6.99. The number of ether oxygens (including phenoxy) is 1. The van der Waals surface area contributed by atoms with Crippen LogP contribution in [0.4, 0.5) is 9.52 Å². The van der Waals surface area contributed by atoms with Gasteiger partial charge < -0.3 is 4.74 Å². The Bertz CT molecular complexity index is 783. The van der Waals surface area contributed by atoms with Crippen LogP contribution in [0.1, 0.15) is 10.4 Å². The molecule has 0 saturated heterocycles. The lowest BCUT2D eigenvalue weighted by Crippen LogP contribution is -2.12. The van der Waals surface area contributed by atoms with Gasteiger partial charge in [-0.15, -0.1) is 0 Å². The van der Waals surface area contributed by atoms with Gasteiger partial charge in [0, 0.05) is 5.56 Å². The van der Waals surface area contributed by atoms with Crippen molar-refractivity contribution >= 4 is 32.6 Å². The van der Waals surface area contributed by atoms with Gasteiger partial charge in [0.25, 0.3) is 5.91 Å². The van der Waals surface area contributed by atoms with E-state index in [-0.39, 0.29) is 11.3 Å². The fraction of sp³-hybridized carbons (Fsp3) is 0.0667. The Balaban J connectivity index is 1.84. The number of hydrogen-bond acceptors (Lipinski definition) is 4. The lowest BCUT2D eigenvalue weighted by Gasteiger charge is -2.04. The van der Waals surface area contributed by atoms with Crippen LogP contribution in [-0.4, -0.2) is 18.0 Å². The number of thiazole rings is 1. The van der Waals surface area contributed by atoms with Crippen LogP contribution in [0.25, 0.3) is 10.2 Å². The molecule has 0 unspecified atom stereocenters. The van der Waals surface area contributed by atoms with Crippen molar-refractivity contribution in [2.45, 2.75) is 0 Å². The number of rotatable bonds is 3. The average Bonchev–Trinajstić information content (AvgIpc) is 2.89. The van der Waals surface area contributed by atoms with E-state index in [1.165, 1.54) is 30.6 Å². The maximum Gasteiger partial charge on any atom is 0.257 e. The molecular formula is C15H11FN2O2S. The van der Waals surface area contributed by atoms with Crippen LogP contribution >= 0.6 is 11.3 Å². The van der Waals surface area contributed by atoms with Crippen LogP contribution < -0.4 is 10.1 Å². The number of para-hydroxylation sites is 1. The van der Waals surface area contributed by atoms with Gasteiger partial charge in [-0.25, -0.2) is 9.37 Å². The van der Waals surface area contributed by atoms with Gasteiger partial charge in [-0.05, 0) is 30.3 Å². The molecule has 2 aromatic carbocycles. The third-order valence-electron chi connectivity index (χ3n) is 2.93. The first-order valence-electron chi connectivity index (χ1n) is 6.18. The molecule has 6 heteroatoms. The van der Waals surface area contributed by atoms with Crippen molar-refractivity contribution < 1.29 is 13.9 Å². The maximum atomic E-state index is 13.6. The number of carbonyl (C=O) groups is 1. The number of halogens is 1. The van der Waals surface area contributed by atoms with E-state index in [1.54, 1.807) is 0 Å². The Labute approximate surface area is 124 Å². The number of anilines is 1. The van der Waals surface area contributed by atoms with E-state index in [9.17, 15) is 9.18 Å². The maximum absolute atomic E-state index is 13.6. The number of methoxy groups -OCH3 is 1. The molecule has 0 fully saturated rings. The van der Waals surface area contributed by atoms with Gasteiger partial charge in [-0.1, -0.05) is 23.5 Å². The molecule has 4 nitrogen and oxygen atoms in total. The number of benzene rings is 2. The number of carbonyl (C=O) groups excluding carboxylic acids is 1. The van der Waals surface area contributed by atoms with Gasteiger partial charge in [0.1, 0.15) is 0 Å². The zero-order chi connectivity index (χ0) is 14.8. The Morgan fingerprint density at radius 2 is 2.10 bits per heavy atom. The van der Waals surface area contributed by atoms with Crippen LogP contribution in [0.15, 0.2) is 42.5 Å². The van der Waals surface area contributed by atoms with E-state index in [0.29, 0.717) is 5.13 Å². The van der Waals surface area contributed by atoms with Crippen molar-refractivity contribution in [3.05, 3.63) is 53.8 Å². The van der Waals surface area contributed by atoms with Crippen molar-refractivity contribution in [2.24, 2.45) is 0 Å². The minimum atomic E-state index is -0.575. The Morgan fingerprint density at radius 1 is 1.29 bits per heavy atom. The van der Waals surface area contributed by atoms with Crippen molar-refractivity contribution in [3.8, 4) is 5.75 Å². The highest BCUT2D eigenvalue weighted by molar-refractivity contribution is 7.22. The summed E-state index contributed by atoms with van der Waals surface area (Å²) in [5.74, 6) is -0.878. The molecule has 0 atom stereocenters. The zero-order valence-corrected chi connectivity index (χ0v) is 11.9. The minimum Gasteiger partial charge on any atom is -0.494 e. The second kappa shape index (κ2) is 5.49. The fourth-order valence-corrected chi connectivity index (χ4v) is 2.76. The number of fused-ring (bicyclic) bond motifs is 1. The molecule has 0 aliphatic rings. The quantitative estimate of drug-likeness (QED) is 0.802. The second-order valence-corrected chi connectivity index (χ2v) is 5.32. The normalized spacial score (nSPS) is 10.6. The molecule has 1 N–H and O–H groups in total. The standard InChI is InChI=1S/C15H11FN2O2S/c1-20-12-7-6-9(8-10(12)16)14(19)18-15-17-11-4-2-3-5-13(11)21-15/h2-8H,1H3,(H,17,18,19). The van der Waals surface area contributed by atoms with E-state index < -0.39 is 11.7 Å². The average molecular weight is 302 g/mol. The first-order chi connectivity index (χ1) is 10.2. The topological polar surface area (TPSA) is 51.2 Å². The summed E-state index contributed by atoms with van der Waals surface area (Å²) in [5.41, 5.74) is 1.03. The van der Waals surface area contributed by atoms with Gasteiger partial charge in [-0.2, -0.15) is 0 Å². The molecule has 21 heavy (non-hydrogen) atoms. The summed E-state index contributed by atoms with van der Waals surface area (Å²) in [5, 5.41) is 3.16. The summed E-state index contributed by atoms with van der Waals surface area (Å²) < 4.78 is 19.4. The Morgan fingerprint density at radius 3 is 2.81 bits per heavy atom. The molecule has 0 spiro atoms.